The van der Waals surface area contributed by atoms with E-state index in [1.807, 2.05) is 0 Å². The van der Waals surface area contributed by atoms with Crippen molar-refractivity contribution in [2.75, 3.05) is 44.3 Å². The van der Waals surface area contributed by atoms with Gasteiger partial charge in [0.1, 0.15) is 0 Å². The summed E-state index contributed by atoms with van der Waals surface area (Å²) in [6.07, 6.45) is 4.74. The third-order valence-corrected chi connectivity index (χ3v) is 5.46. The van der Waals surface area contributed by atoms with Gasteiger partial charge in [0, 0.05) is 45.1 Å². The van der Waals surface area contributed by atoms with E-state index in [0.29, 0.717) is 25.2 Å². The Hall–Kier alpha value is -1.06. The van der Waals surface area contributed by atoms with Crippen molar-refractivity contribution in [2.24, 2.45) is 10.9 Å². The van der Waals surface area contributed by atoms with Crippen LogP contribution in [0.4, 0.5) is 5.69 Å². The van der Waals surface area contributed by atoms with Crippen LogP contribution in [0, 0.1) is 5.92 Å². The number of benzene rings is 1. The second-order valence-corrected chi connectivity index (χ2v) is 7.49. The molecule has 1 aromatic carbocycles. The first-order valence-corrected chi connectivity index (χ1v) is 10.4. The number of nitrogens with zero attached hydrogens (tertiary/aromatic N) is 2. The van der Waals surface area contributed by atoms with E-state index in [-0.39, 0.29) is 24.0 Å². The van der Waals surface area contributed by atoms with Crippen molar-refractivity contribution in [2.45, 2.75) is 45.3 Å². The predicted molar refractivity (Wildman–Crippen MR) is 126 cm³/mol. The highest BCUT2D eigenvalue weighted by Crippen LogP contribution is 2.23. The number of ether oxygens (including phenoxy) is 1. The van der Waals surface area contributed by atoms with E-state index in [2.05, 4.69) is 46.7 Å². The summed E-state index contributed by atoms with van der Waals surface area (Å²) in [4.78, 5) is 7.11. The minimum Gasteiger partial charge on any atom is -0.396 e. The zero-order chi connectivity index (χ0) is 18.9. The molecule has 3 N–H and O–H groups in total. The molecule has 2 saturated heterocycles. The zero-order valence-corrected chi connectivity index (χ0v) is 19.2. The summed E-state index contributed by atoms with van der Waals surface area (Å²) in [5, 5.41) is 16.0. The monoisotopic (exact) mass is 502 g/mol. The second-order valence-electron chi connectivity index (χ2n) is 7.49. The molecule has 28 heavy (non-hydrogen) atoms. The lowest BCUT2D eigenvalue weighted by molar-refractivity contribution is 0.114. The van der Waals surface area contributed by atoms with Gasteiger partial charge in [0.15, 0.2) is 5.96 Å². The molecule has 0 bridgehead atoms. The number of hydrogen-bond acceptors (Lipinski definition) is 4. The fourth-order valence-corrected chi connectivity index (χ4v) is 3.71. The zero-order valence-electron chi connectivity index (χ0n) is 16.9. The average Bonchev–Trinajstić information content (AvgIpc) is 3.24. The van der Waals surface area contributed by atoms with E-state index < -0.39 is 0 Å². The molecule has 0 amide bonds. The van der Waals surface area contributed by atoms with Gasteiger partial charge < -0.3 is 25.4 Å². The number of aliphatic hydroxyl groups is 1. The number of rotatable bonds is 7. The smallest absolute Gasteiger partial charge is 0.191 e. The highest BCUT2D eigenvalue weighted by Gasteiger charge is 2.18. The Kier molecular flexibility index (Phi) is 10.4. The number of hydrogen-bond donors (Lipinski definition) is 3. The number of piperidine rings is 1. The van der Waals surface area contributed by atoms with Crippen LogP contribution in [0.15, 0.2) is 29.3 Å². The Bertz CT molecular complexity index is 583. The van der Waals surface area contributed by atoms with Crippen molar-refractivity contribution in [1.29, 1.82) is 0 Å². The van der Waals surface area contributed by atoms with Crippen LogP contribution in [0.3, 0.4) is 0 Å². The molecule has 2 aliphatic rings. The summed E-state index contributed by atoms with van der Waals surface area (Å²) in [5.41, 5.74) is 2.47. The van der Waals surface area contributed by atoms with Crippen LogP contribution in [-0.4, -0.2) is 56.6 Å². The van der Waals surface area contributed by atoms with E-state index in [0.717, 1.165) is 64.4 Å². The molecule has 2 fully saturated rings. The van der Waals surface area contributed by atoms with Gasteiger partial charge in [-0.15, -0.1) is 24.0 Å². The van der Waals surface area contributed by atoms with Crippen LogP contribution >= 0.6 is 24.0 Å². The predicted octanol–water partition coefficient (Wildman–Crippen LogP) is 2.75. The maximum absolute atomic E-state index is 9.28. The molecular weight excluding hydrogens is 467 g/mol. The van der Waals surface area contributed by atoms with Gasteiger partial charge in [-0.05, 0) is 56.2 Å². The summed E-state index contributed by atoms with van der Waals surface area (Å²) in [7, 11) is 0. The van der Waals surface area contributed by atoms with E-state index in [1.54, 1.807) is 0 Å². The SMILES string of the molecule is CCNC(=NCc1ccc(N2CCC(CO)CC2)cc1)NCC1CCCO1.I. The first kappa shape index (κ1) is 23.2. The number of aliphatic hydroxyl groups excluding tert-OH is 1. The van der Waals surface area contributed by atoms with Gasteiger partial charge in [0.05, 0.1) is 12.6 Å². The Morgan fingerprint density at radius 3 is 2.54 bits per heavy atom. The average molecular weight is 502 g/mol. The lowest BCUT2D eigenvalue weighted by Gasteiger charge is -2.32. The molecule has 0 radical (unpaired) electrons. The molecule has 1 aromatic rings. The van der Waals surface area contributed by atoms with Gasteiger partial charge in [0.25, 0.3) is 0 Å². The van der Waals surface area contributed by atoms with Crippen molar-refractivity contribution >= 4 is 35.6 Å². The van der Waals surface area contributed by atoms with Crippen LogP contribution in [0.5, 0.6) is 0 Å². The first-order chi connectivity index (χ1) is 13.3. The summed E-state index contributed by atoms with van der Waals surface area (Å²) in [6.45, 7) is 7.66. The Morgan fingerprint density at radius 1 is 1.18 bits per heavy atom. The normalized spacial score (nSPS) is 20.7. The molecular formula is C21H35IN4O2. The molecule has 2 heterocycles. The van der Waals surface area contributed by atoms with Crippen LogP contribution in [-0.2, 0) is 11.3 Å². The number of aliphatic imine (C=N–C) groups is 1. The van der Waals surface area contributed by atoms with Crippen molar-refractivity contribution in [1.82, 2.24) is 10.6 Å². The lowest BCUT2D eigenvalue weighted by atomic mass is 9.97. The van der Waals surface area contributed by atoms with Crippen LogP contribution in [0.2, 0.25) is 0 Å². The van der Waals surface area contributed by atoms with E-state index in [9.17, 15) is 5.11 Å². The maximum atomic E-state index is 9.28. The maximum Gasteiger partial charge on any atom is 0.191 e. The van der Waals surface area contributed by atoms with E-state index >= 15 is 0 Å². The number of halogens is 1. The largest absolute Gasteiger partial charge is 0.396 e. The highest BCUT2D eigenvalue weighted by atomic mass is 127. The van der Waals surface area contributed by atoms with Gasteiger partial charge >= 0.3 is 0 Å². The van der Waals surface area contributed by atoms with Crippen LogP contribution < -0.4 is 15.5 Å². The fourth-order valence-electron chi connectivity index (χ4n) is 3.71. The number of guanidine groups is 1. The van der Waals surface area contributed by atoms with Crippen molar-refractivity contribution in [3.05, 3.63) is 29.8 Å². The lowest BCUT2D eigenvalue weighted by Crippen LogP contribution is -2.41. The molecule has 3 rings (SSSR count). The Labute approximate surface area is 186 Å². The number of nitrogens with one attached hydrogen (secondary N) is 2. The topological polar surface area (TPSA) is 69.1 Å². The molecule has 0 spiro atoms. The second kappa shape index (κ2) is 12.5. The standard InChI is InChI=1S/C21H34N4O2.HI/c1-2-22-21(24-15-20-4-3-13-27-20)23-14-17-5-7-19(8-6-17)25-11-9-18(16-26)10-12-25;/h5-8,18,20,26H,2-4,9-16H2,1H3,(H2,22,23,24);1H. The van der Waals surface area contributed by atoms with Gasteiger partial charge in [-0.1, -0.05) is 12.1 Å². The minimum atomic E-state index is 0. The Morgan fingerprint density at radius 2 is 1.93 bits per heavy atom. The molecule has 6 nitrogen and oxygen atoms in total. The third-order valence-electron chi connectivity index (χ3n) is 5.46. The molecule has 1 atom stereocenters. The quantitative estimate of drug-likeness (QED) is 0.304. The molecule has 0 saturated carbocycles. The van der Waals surface area contributed by atoms with Gasteiger partial charge in [-0.2, -0.15) is 0 Å². The summed E-state index contributed by atoms with van der Waals surface area (Å²) in [6, 6.07) is 8.72. The molecule has 0 aromatic heterocycles. The van der Waals surface area contributed by atoms with Crippen molar-refractivity contribution in [3.8, 4) is 0 Å². The van der Waals surface area contributed by atoms with Crippen LogP contribution in [0.1, 0.15) is 38.2 Å². The van der Waals surface area contributed by atoms with Crippen LogP contribution in [0.25, 0.3) is 0 Å². The van der Waals surface area contributed by atoms with Gasteiger partial charge in [-0.3, -0.25) is 0 Å². The molecule has 7 heteroatoms. The summed E-state index contributed by atoms with van der Waals surface area (Å²) < 4.78 is 5.67. The van der Waals surface area contributed by atoms with Gasteiger partial charge in [-0.25, -0.2) is 4.99 Å². The summed E-state index contributed by atoms with van der Waals surface area (Å²) >= 11 is 0. The van der Waals surface area contributed by atoms with Crippen molar-refractivity contribution < 1.29 is 9.84 Å². The van der Waals surface area contributed by atoms with E-state index in [4.69, 9.17) is 9.73 Å². The Balaban J connectivity index is 0.00000280. The summed E-state index contributed by atoms with van der Waals surface area (Å²) in [5.74, 6) is 1.32. The fraction of sp³-hybridized carbons (Fsp3) is 0.667. The molecule has 0 aliphatic carbocycles. The molecule has 2 aliphatic heterocycles. The van der Waals surface area contributed by atoms with E-state index in [1.165, 1.54) is 11.3 Å². The number of anilines is 1. The minimum absolute atomic E-state index is 0. The third kappa shape index (κ3) is 7.08. The highest BCUT2D eigenvalue weighted by molar-refractivity contribution is 14.0. The molecule has 1 unspecified atom stereocenters. The van der Waals surface area contributed by atoms with Gasteiger partial charge in [0.2, 0.25) is 0 Å². The first-order valence-electron chi connectivity index (χ1n) is 10.4. The molecule has 158 valence electrons. The van der Waals surface area contributed by atoms with Crippen molar-refractivity contribution in [3.63, 3.8) is 0 Å².